The van der Waals surface area contributed by atoms with Crippen molar-refractivity contribution >= 4 is 40.6 Å². The lowest BCUT2D eigenvalue weighted by atomic mass is 10.0. The van der Waals surface area contributed by atoms with Gasteiger partial charge in [-0.1, -0.05) is 61.5 Å². The number of carbonyl (C=O) groups is 3. The molecule has 0 aliphatic carbocycles. The predicted molar refractivity (Wildman–Crippen MR) is 187 cm³/mol. The van der Waals surface area contributed by atoms with Crippen LogP contribution in [0.15, 0.2) is 78.0 Å². The Morgan fingerprint density at radius 3 is 2.47 bits per heavy atom. The monoisotopic (exact) mass is 723 g/mol. The van der Waals surface area contributed by atoms with Crippen molar-refractivity contribution in [1.82, 2.24) is 25.0 Å². The molecule has 12 nitrogen and oxygen atoms in total. The van der Waals surface area contributed by atoms with Gasteiger partial charge in [0.1, 0.15) is 18.2 Å². The molecule has 268 valence electrons. The van der Waals surface area contributed by atoms with Crippen molar-refractivity contribution in [2.75, 3.05) is 24.8 Å². The minimum Gasteiger partial charge on any atom is -0.453 e. The van der Waals surface area contributed by atoms with E-state index in [4.69, 9.17) is 4.74 Å². The molecule has 3 aromatic carbocycles. The molecule has 0 bridgehead atoms. The molecule has 1 unspecified atom stereocenters. The third kappa shape index (κ3) is 9.45. The van der Waals surface area contributed by atoms with E-state index in [0.717, 1.165) is 29.5 Å². The summed E-state index contributed by atoms with van der Waals surface area (Å²) in [6.07, 6.45) is -2.35. The standard InChI is InChI=1S/C35H36F3N7O5S/c1-5-6-24-11-7-22(2)19-28(24)45-30(46)20-51-33(45)41-32(47)40-29(43(3)34(48)49-4)18-10-23-8-12-25(13-9-23)31-39-21-44(42-31)26-14-16-27(17-15-26)50-35(36,37)38/h7-9,11-17,19,21,29H,5-6,10,18,20H2,1-4H3,(H,40,47)/b41-33-. The summed E-state index contributed by atoms with van der Waals surface area (Å²) in [5, 5.41) is 7.49. The number of amidine groups is 1. The first-order valence-electron chi connectivity index (χ1n) is 16.0. The minimum absolute atomic E-state index is 0.150. The number of amides is 4. The average molecular weight is 724 g/mol. The van der Waals surface area contributed by atoms with Crippen molar-refractivity contribution in [2.24, 2.45) is 4.99 Å². The number of hydrogen-bond acceptors (Lipinski definition) is 8. The van der Waals surface area contributed by atoms with E-state index < -0.39 is 24.7 Å². The molecule has 0 saturated carbocycles. The highest BCUT2D eigenvalue weighted by Gasteiger charge is 2.33. The van der Waals surface area contributed by atoms with Gasteiger partial charge in [-0.15, -0.1) is 18.3 Å². The number of halogens is 3. The van der Waals surface area contributed by atoms with E-state index in [1.165, 1.54) is 71.0 Å². The van der Waals surface area contributed by atoms with Crippen LogP contribution < -0.4 is 15.0 Å². The number of rotatable bonds is 11. The maximum atomic E-state index is 13.3. The molecule has 1 aromatic heterocycles. The first kappa shape index (κ1) is 36.9. The molecule has 51 heavy (non-hydrogen) atoms. The number of aliphatic imine (C=N–C) groups is 1. The van der Waals surface area contributed by atoms with Gasteiger partial charge in [-0.3, -0.25) is 14.6 Å². The van der Waals surface area contributed by atoms with Gasteiger partial charge in [-0.2, -0.15) is 4.99 Å². The predicted octanol–water partition coefficient (Wildman–Crippen LogP) is 6.90. The van der Waals surface area contributed by atoms with Gasteiger partial charge < -0.3 is 14.8 Å². The fraction of sp³-hybridized carbons (Fsp3) is 0.314. The number of alkyl halides is 3. The topological polar surface area (TPSA) is 131 Å². The highest BCUT2D eigenvalue weighted by molar-refractivity contribution is 8.15. The number of benzene rings is 3. The number of thioether (sulfide) groups is 1. The van der Waals surface area contributed by atoms with Gasteiger partial charge in [0.15, 0.2) is 11.0 Å². The van der Waals surface area contributed by atoms with Crippen molar-refractivity contribution in [3.63, 3.8) is 0 Å². The molecule has 1 atom stereocenters. The Morgan fingerprint density at radius 2 is 1.80 bits per heavy atom. The van der Waals surface area contributed by atoms with Gasteiger partial charge in [0.25, 0.3) is 0 Å². The fourth-order valence-corrected chi connectivity index (χ4v) is 6.24. The Bertz CT molecular complexity index is 1900. The van der Waals surface area contributed by atoms with Gasteiger partial charge in [-0.05, 0) is 73.2 Å². The number of hydrogen-bond donors (Lipinski definition) is 1. The summed E-state index contributed by atoms with van der Waals surface area (Å²) in [4.78, 5) is 50.0. The van der Waals surface area contributed by atoms with Crippen LogP contribution in [0.25, 0.3) is 17.1 Å². The number of urea groups is 1. The Morgan fingerprint density at radius 1 is 1.08 bits per heavy atom. The first-order valence-corrected chi connectivity index (χ1v) is 17.0. The van der Waals surface area contributed by atoms with Gasteiger partial charge in [0, 0.05) is 12.6 Å². The van der Waals surface area contributed by atoms with Gasteiger partial charge >= 0.3 is 18.5 Å². The molecule has 1 aliphatic heterocycles. The zero-order valence-electron chi connectivity index (χ0n) is 28.3. The second-order valence-corrected chi connectivity index (χ2v) is 12.6. The summed E-state index contributed by atoms with van der Waals surface area (Å²) in [7, 11) is 2.76. The minimum atomic E-state index is -4.78. The van der Waals surface area contributed by atoms with Gasteiger partial charge in [-0.25, -0.2) is 19.3 Å². The van der Waals surface area contributed by atoms with Crippen LogP contribution in [0.5, 0.6) is 5.75 Å². The van der Waals surface area contributed by atoms with Crippen molar-refractivity contribution in [1.29, 1.82) is 0 Å². The number of aryl methyl sites for hydroxylation is 3. The Kier molecular flexibility index (Phi) is 11.6. The van der Waals surface area contributed by atoms with E-state index in [9.17, 15) is 27.6 Å². The molecule has 1 fully saturated rings. The number of aromatic nitrogens is 3. The van der Waals surface area contributed by atoms with Crippen LogP contribution in [0, 0.1) is 6.92 Å². The van der Waals surface area contributed by atoms with Crippen LogP contribution in [0.4, 0.5) is 28.4 Å². The van der Waals surface area contributed by atoms with Crippen LogP contribution >= 0.6 is 11.8 Å². The summed E-state index contributed by atoms with van der Waals surface area (Å²) in [5.41, 5.74) is 4.76. The Labute approximate surface area is 296 Å². The quantitative estimate of drug-likeness (QED) is 0.166. The van der Waals surface area contributed by atoms with Crippen LogP contribution in [0.2, 0.25) is 0 Å². The third-order valence-corrected chi connectivity index (χ3v) is 8.85. The number of carbonyl (C=O) groups excluding carboxylic acids is 3. The molecule has 4 amide bonds. The molecular formula is C35H36F3N7O5S. The molecule has 1 N–H and O–H groups in total. The van der Waals surface area contributed by atoms with E-state index in [-0.39, 0.29) is 22.6 Å². The molecule has 2 heterocycles. The molecule has 16 heteroatoms. The summed E-state index contributed by atoms with van der Waals surface area (Å²) < 4.78 is 47.7. The van der Waals surface area contributed by atoms with Crippen LogP contribution in [-0.2, 0) is 22.4 Å². The second kappa shape index (κ2) is 16.1. The summed E-state index contributed by atoms with van der Waals surface area (Å²) >= 11 is 1.18. The lowest BCUT2D eigenvalue weighted by Gasteiger charge is -2.27. The number of anilines is 1. The summed E-state index contributed by atoms with van der Waals surface area (Å²) in [6.45, 7) is 3.99. The number of methoxy groups -OCH3 is 1. The lowest BCUT2D eigenvalue weighted by Crippen LogP contribution is -2.48. The zero-order chi connectivity index (χ0) is 36.7. The Hall–Kier alpha value is -5.38. The van der Waals surface area contributed by atoms with E-state index >= 15 is 0 Å². The Balaban J connectivity index is 1.26. The molecule has 4 aromatic rings. The van der Waals surface area contributed by atoms with E-state index in [1.54, 1.807) is 0 Å². The zero-order valence-corrected chi connectivity index (χ0v) is 29.1. The van der Waals surface area contributed by atoms with E-state index in [2.05, 4.69) is 32.1 Å². The number of ether oxygens (including phenoxy) is 2. The first-order chi connectivity index (χ1) is 24.3. The third-order valence-electron chi connectivity index (χ3n) is 7.93. The van der Waals surface area contributed by atoms with Crippen molar-refractivity contribution in [3.05, 3.63) is 89.7 Å². The highest BCUT2D eigenvalue weighted by atomic mass is 32.2. The lowest BCUT2D eigenvalue weighted by molar-refractivity contribution is -0.274. The van der Waals surface area contributed by atoms with E-state index in [0.29, 0.717) is 35.6 Å². The molecule has 1 saturated heterocycles. The summed E-state index contributed by atoms with van der Waals surface area (Å²) in [5.74, 6) is 0.0370. The van der Waals surface area contributed by atoms with Crippen molar-refractivity contribution in [2.45, 2.75) is 52.1 Å². The molecular weight excluding hydrogens is 687 g/mol. The normalized spacial score (nSPS) is 14.5. The second-order valence-electron chi connectivity index (χ2n) is 11.6. The van der Waals surface area contributed by atoms with Gasteiger partial charge in [0.2, 0.25) is 5.91 Å². The van der Waals surface area contributed by atoms with Gasteiger partial charge in [0.05, 0.1) is 24.2 Å². The van der Waals surface area contributed by atoms with Crippen molar-refractivity contribution in [3.8, 4) is 22.8 Å². The van der Waals surface area contributed by atoms with E-state index in [1.807, 2.05) is 49.4 Å². The number of nitrogens with one attached hydrogen (secondary N) is 1. The SMILES string of the molecule is CCCc1ccc(C)cc1N1C(=O)CS/C1=N\C(=O)NC(CCc1ccc(-c2ncn(-c3ccc(OC(F)(F)F)cc3)n2)cc1)N(C)C(=O)OC. The molecule has 0 spiro atoms. The maximum absolute atomic E-state index is 13.3. The summed E-state index contributed by atoms with van der Waals surface area (Å²) in [6, 6.07) is 17.8. The van der Waals surface area contributed by atoms with Crippen LogP contribution in [0.1, 0.15) is 36.5 Å². The van der Waals surface area contributed by atoms with Crippen molar-refractivity contribution < 1.29 is 37.0 Å². The average Bonchev–Trinajstić information content (AvgIpc) is 3.73. The fourth-order valence-electron chi connectivity index (χ4n) is 5.38. The largest absolute Gasteiger partial charge is 0.573 e. The molecule has 0 radical (unpaired) electrons. The highest BCUT2D eigenvalue weighted by Crippen LogP contribution is 2.31. The molecule has 5 rings (SSSR count). The maximum Gasteiger partial charge on any atom is 0.573 e. The van der Waals surface area contributed by atoms with Crippen LogP contribution in [0.3, 0.4) is 0 Å². The molecule has 1 aliphatic rings. The number of nitrogens with zero attached hydrogens (tertiary/aromatic N) is 6. The van der Waals surface area contributed by atoms with Crippen LogP contribution in [-0.4, -0.2) is 75.3 Å². The smallest absolute Gasteiger partial charge is 0.453 e.